The van der Waals surface area contributed by atoms with Crippen LogP contribution < -0.4 is 10.7 Å². The lowest BCUT2D eigenvalue weighted by Gasteiger charge is -2.33. The summed E-state index contributed by atoms with van der Waals surface area (Å²) in [6, 6.07) is 4.59. The molecule has 1 spiro atoms. The Morgan fingerprint density at radius 2 is 1.79 bits per heavy atom. The molecule has 28 heavy (non-hydrogen) atoms. The van der Waals surface area contributed by atoms with Crippen LogP contribution in [0.5, 0.6) is 0 Å². The molecule has 8 heteroatoms. The number of hydrogen-bond acceptors (Lipinski definition) is 5. The second kappa shape index (κ2) is 7.61. The topological polar surface area (TPSA) is 105 Å². The van der Waals surface area contributed by atoms with E-state index in [-0.39, 0.29) is 0 Å². The van der Waals surface area contributed by atoms with Gasteiger partial charge in [0, 0.05) is 0 Å². The van der Waals surface area contributed by atoms with E-state index >= 15 is 0 Å². The fourth-order valence-electron chi connectivity index (χ4n) is 3.78. The lowest BCUT2D eigenvalue weighted by atomic mass is 9.77. The molecular formula is C20H25N3O5. The van der Waals surface area contributed by atoms with Crippen molar-refractivity contribution in [3.8, 4) is 0 Å². The monoisotopic (exact) mass is 387 g/mol. The Hall–Kier alpha value is -2.90. The number of rotatable bonds is 4. The number of esters is 1. The van der Waals surface area contributed by atoms with Gasteiger partial charge in [-0.2, -0.15) is 5.01 Å². The van der Waals surface area contributed by atoms with Gasteiger partial charge in [0.15, 0.2) is 6.61 Å². The second-order valence-electron chi connectivity index (χ2n) is 7.82. The summed E-state index contributed by atoms with van der Waals surface area (Å²) in [5.41, 5.74) is 3.46. The molecule has 0 atom stereocenters. The number of nitrogens with zero attached hydrogens (tertiary/aromatic N) is 1. The first-order valence-corrected chi connectivity index (χ1v) is 9.42. The van der Waals surface area contributed by atoms with Gasteiger partial charge in [-0.25, -0.2) is 9.59 Å². The summed E-state index contributed by atoms with van der Waals surface area (Å²) in [6.07, 6.45) is 2.77. The predicted octanol–water partition coefficient (Wildman–Crippen LogP) is 1.99. The molecule has 3 rings (SSSR count). The van der Waals surface area contributed by atoms with Crippen LogP contribution >= 0.6 is 0 Å². The summed E-state index contributed by atoms with van der Waals surface area (Å²) in [7, 11) is 0. The second-order valence-corrected chi connectivity index (χ2v) is 7.82. The average molecular weight is 387 g/mol. The van der Waals surface area contributed by atoms with E-state index in [1.54, 1.807) is 12.1 Å². The van der Waals surface area contributed by atoms with Crippen LogP contribution in [0.1, 0.15) is 54.1 Å². The molecule has 2 fully saturated rings. The summed E-state index contributed by atoms with van der Waals surface area (Å²) in [6.45, 7) is 5.23. The van der Waals surface area contributed by atoms with Gasteiger partial charge < -0.3 is 10.1 Å². The minimum absolute atomic E-state index is 0.343. The highest BCUT2D eigenvalue weighted by molar-refractivity contribution is 6.08. The van der Waals surface area contributed by atoms with E-state index in [0.717, 1.165) is 24.0 Å². The summed E-state index contributed by atoms with van der Waals surface area (Å²) in [5, 5.41) is 3.41. The molecule has 1 aromatic carbocycles. The van der Waals surface area contributed by atoms with Crippen molar-refractivity contribution in [1.82, 2.24) is 15.8 Å². The van der Waals surface area contributed by atoms with Crippen molar-refractivity contribution in [2.45, 2.75) is 52.0 Å². The quantitative estimate of drug-likeness (QED) is 0.607. The van der Waals surface area contributed by atoms with Crippen molar-refractivity contribution < 1.29 is 23.9 Å². The number of carbonyl (C=O) groups excluding carboxylic acids is 4. The molecule has 8 nitrogen and oxygen atoms in total. The Morgan fingerprint density at radius 3 is 2.39 bits per heavy atom. The normalized spacial score (nSPS) is 24.2. The fourth-order valence-corrected chi connectivity index (χ4v) is 3.78. The Labute approximate surface area is 163 Å². The van der Waals surface area contributed by atoms with Gasteiger partial charge in [0.05, 0.1) is 5.56 Å². The van der Waals surface area contributed by atoms with E-state index in [1.165, 1.54) is 0 Å². The maximum atomic E-state index is 12.7. The van der Waals surface area contributed by atoms with E-state index in [1.807, 2.05) is 19.9 Å². The summed E-state index contributed by atoms with van der Waals surface area (Å²) < 4.78 is 5.01. The van der Waals surface area contributed by atoms with Crippen LogP contribution in [0.2, 0.25) is 0 Å². The number of imide groups is 1. The standard InChI is InChI=1S/C20H25N3O5/c1-12-4-6-20(7-5-12)18(26)23(19(27)21-20)22-16(24)11-28-17(25)15-9-13(2)8-14(3)10-15/h8-10,12H,4-7,11H2,1-3H3,(H,21,27)(H,22,24). The largest absolute Gasteiger partial charge is 0.452 e. The summed E-state index contributed by atoms with van der Waals surface area (Å²) in [4.78, 5) is 49.1. The van der Waals surface area contributed by atoms with Gasteiger partial charge in [-0.05, 0) is 57.6 Å². The number of ether oxygens (including phenoxy) is 1. The maximum absolute atomic E-state index is 12.7. The summed E-state index contributed by atoms with van der Waals surface area (Å²) >= 11 is 0. The molecular weight excluding hydrogens is 362 g/mol. The number of carbonyl (C=O) groups is 4. The molecule has 0 bridgehead atoms. The zero-order chi connectivity index (χ0) is 20.5. The minimum atomic E-state index is -0.938. The highest BCUT2D eigenvalue weighted by Gasteiger charge is 2.52. The molecule has 0 unspecified atom stereocenters. The van der Waals surface area contributed by atoms with E-state index in [2.05, 4.69) is 17.7 Å². The van der Waals surface area contributed by atoms with Crippen LogP contribution in [0, 0.1) is 19.8 Å². The number of urea groups is 1. The summed E-state index contributed by atoms with van der Waals surface area (Å²) in [5.74, 6) is -1.35. The Morgan fingerprint density at radius 1 is 1.18 bits per heavy atom. The first-order chi connectivity index (χ1) is 13.2. The van der Waals surface area contributed by atoms with Crippen molar-refractivity contribution in [2.75, 3.05) is 6.61 Å². The van der Waals surface area contributed by atoms with E-state index in [4.69, 9.17) is 4.74 Å². The van der Waals surface area contributed by atoms with E-state index < -0.39 is 36.0 Å². The van der Waals surface area contributed by atoms with Crippen molar-refractivity contribution in [3.63, 3.8) is 0 Å². The highest BCUT2D eigenvalue weighted by atomic mass is 16.5. The van der Waals surface area contributed by atoms with Crippen LogP contribution in [0.4, 0.5) is 4.79 Å². The molecule has 1 aliphatic carbocycles. The molecule has 4 amide bonds. The van der Waals surface area contributed by atoms with Gasteiger partial charge in [-0.15, -0.1) is 0 Å². The van der Waals surface area contributed by atoms with Crippen molar-refractivity contribution >= 4 is 23.8 Å². The van der Waals surface area contributed by atoms with Crippen LogP contribution in [0.25, 0.3) is 0 Å². The van der Waals surface area contributed by atoms with Crippen LogP contribution in [-0.4, -0.2) is 41.0 Å². The van der Waals surface area contributed by atoms with Crippen molar-refractivity contribution in [3.05, 3.63) is 34.9 Å². The van der Waals surface area contributed by atoms with Gasteiger partial charge in [0.1, 0.15) is 5.54 Å². The first-order valence-electron chi connectivity index (χ1n) is 9.42. The van der Waals surface area contributed by atoms with Crippen LogP contribution in [0.15, 0.2) is 18.2 Å². The molecule has 0 aromatic heterocycles. The molecule has 1 aromatic rings. The number of aryl methyl sites for hydroxylation is 2. The van der Waals surface area contributed by atoms with Crippen molar-refractivity contribution in [1.29, 1.82) is 0 Å². The average Bonchev–Trinajstić information content (AvgIpc) is 2.86. The smallest absolute Gasteiger partial charge is 0.344 e. The Kier molecular flexibility index (Phi) is 5.40. The number of nitrogens with one attached hydrogen (secondary N) is 2. The van der Waals surface area contributed by atoms with E-state index in [9.17, 15) is 19.2 Å². The Balaban J connectivity index is 1.56. The SMILES string of the molecule is Cc1cc(C)cc(C(=O)OCC(=O)NN2C(=O)NC3(CCC(C)CC3)C2=O)c1. The number of amides is 4. The highest BCUT2D eigenvalue weighted by Crippen LogP contribution is 2.35. The minimum Gasteiger partial charge on any atom is -0.452 e. The first kappa shape index (κ1) is 19.9. The van der Waals surface area contributed by atoms with Gasteiger partial charge in [0.25, 0.3) is 11.8 Å². The third-order valence-electron chi connectivity index (χ3n) is 5.32. The third kappa shape index (κ3) is 4.00. The molecule has 2 N–H and O–H groups in total. The van der Waals surface area contributed by atoms with Gasteiger partial charge in [-0.3, -0.25) is 15.0 Å². The zero-order valence-electron chi connectivity index (χ0n) is 16.3. The zero-order valence-corrected chi connectivity index (χ0v) is 16.3. The molecule has 0 radical (unpaired) electrons. The van der Waals surface area contributed by atoms with Crippen molar-refractivity contribution in [2.24, 2.45) is 5.92 Å². The lowest BCUT2D eigenvalue weighted by molar-refractivity contribution is -0.141. The molecule has 1 heterocycles. The van der Waals surface area contributed by atoms with Crippen LogP contribution in [0.3, 0.4) is 0 Å². The molecule has 1 saturated heterocycles. The van der Waals surface area contributed by atoms with Gasteiger partial charge in [-0.1, -0.05) is 24.1 Å². The lowest BCUT2D eigenvalue weighted by Crippen LogP contribution is -2.52. The maximum Gasteiger partial charge on any atom is 0.344 e. The van der Waals surface area contributed by atoms with Crippen LogP contribution in [-0.2, 0) is 14.3 Å². The number of hydrogen-bond donors (Lipinski definition) is 2. The van der Waals surface area contributed by atoms with E-state index in [0.29, 0.717) is 29.3 Å². The molecule has 1 aliphatic heterocycles. The van der Waals surface area contributed by atoms with Gasteiger partial charge in [0.2, 0.25) is 0 Å². The molecule has 2 aliphatic rings. The number of benzene rings is 1. The van der Waals surface area contributed by atoms with Gasteiger partial charge >= 0.3 is 12.0 Å². The predicted molar refractivity (Wildman–Crippen MR) is 100 cm³/mol. The Bertz CT molecular complexity index is 807. The molecule has 1 saturated carbocycles. The molecule has 150 valence electrons. The number of hydrazine groups is 1. The fraction of sp³-hybridized carbons (Fsp3) is 0.500. The third-order valence-corrected chi connectivity index (χ3v) is 5.32.